The quantitative estimate of drug-likeness (QED) is 0.601. The van der Waals surface area contributed by atoms with Crippen molar-refractivity contribution < 1.29 is 0 Å². The predicted octanol–water partition coefficient (Wildman–Crippen LogP) is 3.45. The highest BCUT2D eigenvalue weighted by Gasteiger charge is 2.00. The van der Waals surface area contributed by atoms with Crippen molar-refractivity contribution in [3.05, 3.63) is 22.2 Å². The van der Waals surface area contributed by atoms with E-state index in [-0.39, 0.29) is 0 Å². The summed E-state index contributed by atoms with van der Waals surface area (Å²) in [7, 11) is 0. The van der Waals surface area contributed by atoms with E-state index in [0.29, 0.717) is 0 Å². The second-order valence-corrected chi connectivity index (χ2v) is 8.16. The van der Waals surface area contributed by atoms with Crippen molar-refractivity contribution in [1.29, 1.82) is 0 Å². The molecule has 0 N–H and O–H groups in total. The zero-order valence-corrected chi connectivity index (χ0v) is 13.3. The van der Waals surface area contributed by atoms with Crippen LogP contribution < -0.4 is 0 Å². The van der Waals surface area contributed by atoms with Crippen LogP contribution in [0, 0.1) is 13.8 Å². The summed E-state index contributed by atoms with van der Waals surface area (Å²) >= 11 is 6.70. The van der Waals surface area contributed by atoms with Gasteiger partial charge in [-0.15, -0.1) is 20.4 Å². The van der Waals surface area contributed by atoms with Crippen molar-refractivity contribution in [1.82, 2.24) is 20.4 Å². The van der Waals surface area contributed by atoms with Crippen LogP contribution in [-0.4, -0.2) is 31.9 Å². The first kappa shape index (κ1) is 14.0. The van der Waals surface area contributed by atoms with Gasteiger partial charge in [-0.3, -0.25) is 0 Å². The van der Waals surface area contributed by atoms with Crippen molar-refractivity contribution in [2.45, 2.75) is 22.5 Å². The van der Waals surface area contributed by atoms with Gasteiger partial charge in [0.1, 0.15) is 10.0 Å². The van der Waals surface area contributed by atoms with Crippen LogP contribution in [-0.2, 0) is 0 Å². The molecule has 8 heteroatoms. The first-order valence-electron chi connectivity index (χ1n) is 5.25. The lowest BCUT2D eigenvalue weighted by atomic mass is 10.6. The highest BCUT2D eigenvalue weighted by atomic mass is 32.2. The summed E-state index contributed by atoms with van der Waals surface area (Å²) in [4.78, 5) is 0. The Hall–Kier alpha value is -0.440. The Balaban J connectivity index is 1.63. The average Bonchev–Trinajstić information content (AvgIpc) is 2.93. The maximum absolute atomic E-state index is 4.06. The van der Waals surface area contributed by atoms with E-state index in [1.54, 1.807) is 46.2 Å². The van der Waals surface area contributed by atoms with Gasteiger partial charge in [0.25, 0.3) is 0 Å². The van der Waals surface area contributed by atoms with Crippen LogP contribution in [0.3, 0.4) is 0 Å². The molecule has 0 fully saturated rings. The van der Waals surface area contributed by atoms with E-state index in [2.05, 4.69) is 32.5 Å². The standard InChI is InChI=1S/C10H12N4S4/c1-7-11-13-9(17-7)15-5-3-4-6-16-10-14-12-8(2)18-10/h3-4H,5-6H2,1-2H3. The second kappa shape index (κ2) is 7.22. The van der Waals surface area contributed by atoms with Gasteiger partial charge in [-0.1, -0.05) is 58.3 Å². The van der Waals surface area contributed by atoms with Crippen molar-refractivity contribution >= 4 is 46.2 Å². The lowest BCUT2D eigenvalue weighted by molar-refractivity contribution is 0.984. The van der Waals surface area contributed by atoms with Gasteiger partial charge in [-0.2, -0.15) is 0 Å². The first-order chi connectivity index (χ1) is 8.74. The van der Waals surface area contributed by atoms with E-state index < -0.39 is 0 Å². The Bertz CT molecular complexity index is 473. The molecule has 0 aliphatic rings. The third kappa shape index (κ3) is 4.68. The molecule has 0 spiro atoms. The van der Waals surface area contributed by atoms with E-state index >= 15 is 0 Å². The molecule has 4 nitrogen and oxygen atoms in total. The summed E-state index contributed by atoms with van der Waals surface area (Å²) in [6.45, 7) is 3.94. The molecule has 96 valence electrons. The highest BCUT2D eigenvalue weighted by molar-refractivity contribution is 8.01. The van der Waals surface area contributed by atoms with Crippen LogP contribution in [0.5, 0.6) is 0 Å². The van der Waals surface area contributed by atoms with Gasteiger partial charge in [0.15, 0.2) is 8.68 Å². The minimum Gasteiger partial charge on any atom is -0.143 e. The Morgan fingerprint density at radius 2 is 1.28 bits per heavy atom. The Kier molecular flexibility index (Phi) is 5.61. The Morgan fingerprint density at radius 1 is 0.833 bits per heavy atom. The zero-order valence-electron chi connectivity index (χ0n) is 9.99. The smallest absolute Gasteiger partial charge is 0.143 e. The summed E-state index contributed by atoms with van der Waals surface area (Å²) in [5, 5.41) is 18.1. The normalized spacial score (nSPS) is 11.4. The molecule has 2 rings (SSSR count). The van der Waals surface area contributed by atoms with Gasteiger partial charge < -0.3 is 0 Å². The average molecular weight is 317 g/mol. The summed E-state index contributed by atoms with van der Waals surface area (Å²) in [6.07, 6.45) is 4.31. The molecular weight excluding hydrogens is 304 g/mol. The molecule has 0 amide bonds. The van der Waals surface area contributed by atoms with Crippen LogP contribution in [0.25, 0.3) is 0 Å². The molecule has 2 aromatic rings. The topological polar surface area (TPSA) is 51.6 Å². The Morgan fingerprint density at radius 3 is 1.61 bits per heavy atom. The van der Waals surface area contributed by atoms with Crippen molar-refractivity contribution in [3.63, 3.8) is 0 Å². The van der Waals surface area contributed by atoms with E-state index in [1.807, 2.05) is 13.8 Å². The van der Waals surface area contributed by atoms with Crippen LogP contribution in [0.15, 0.2) is 20.8 Å². The number of aryl methyl sites for hydroxylation is 2. The monoisotopic (exact) mass is 316 g/mol. The lowest BCUT2D eigenvalue weighted by Crippen LogP contribution is -1.76. The predicted molar refractivity (Wildman–Crippen MR) is 79.9 cm³/mol. The first-order valence-corrected chi connectivity index (χ1v) is 8.85. The summed E-state index contributed by atoms with van der Waals surface area (Å²) in [6, 6.07) is 0. The molecule has 0 saturated heterocycles. The molecule has 0 aliphatic carbocycles. The van der Waals surface area contributed by atoms with Gasteiger partial charge in [-0.25, -0.2) is 0 Å². The summed E-state index contributed by atoms with van der Waals surface area (Å²) < 4.78 is 2.06. The molecule has 0 saturated carbocycles. The molecule has 0 radical (unpaired) electrons. The van der Waals surface area contributed by atoms with Gasteiger partial charge in [0, 0.05) is 11.5 Å². The van der Waals surface area contributed by atoms with E-state index in [9.17, 15) is 0 Å². The highest BCUT2D eigenvalue weighted by Crippen LogP contribution is 2.23. The maximum atomic E-state index is 4.06. The summed E-state index contributed by atoms with van der Waals surface area (Å²) in [5.41, 5.74) is 0. The van der Waals surface area contributed by atoms with Gasteiger partial charge in [0.05, 0.1) is 0 Å². The van der Waals surface area contributed by atoms with Crippen molar-refractivity contribution in [2.24, 2.45) is 0 Å². The minimum absolute atomic E-state index is 0.935. The number of thioether (sulfide) groups is 2. The maximum Gasteiger partial charge on any atom is 0.174 e. The van der Waals surface area contributed by atoms with Crippen molar-refractivity contribution in [2.75, 3.05) is 11.5 Å². The van der Waals surface area contributed by atoms with Crippen LogP contribution in [0.4, 0.5) is 0 Å². The SMILES string of the molecule is Cc1nnc(SCC=CCSc2nnc(C)s2)s1. The fourth-order valence-electron chi connectivity index (χ4n) is 1.05. The second-order valence-electron chi connectivity index (χ2n) is 3.27. The molecule has 0 bridgehead atoms. The van der Waals surface area contributed by atoms with Gasteiger partial charge in [0.2, 0.25) is 0 Å². The number of hydrogen-bond donors (Lipinski definition) is 0. The van der Waals surface area contributed by atoms with E-state index in [0.717, 1.165) is 30.2 Å². The third-order valence-electron chi connectivity index (χ3n) is 1.79. The molecular formula is C10H12N4S4. The summed E-state index contributed by atoms with van der Waals surface area (Å²) in [5.74, 6) is 1.87. The van der Waals surface area contributed by atoms with Crippen molar-refractivity contribution in [3.8, 4) is 0 Å². The fraction of sp³-hybridized carbons (Fsp3) is 0.400. The number of nitrogens with zero attached hydrogens (tertiary/aromatic N) is 4. The van der Waals surface area contributed by atoms with E-state index in [4.69, 9.17) is 0 Å². The molecule has 0 unspecified atom stereocenters. The largest absolute Gasteiger partial charge is 0.174 e. The molecule has 0 atom stereocenters. The minimum atomic E-state index is 0.935. The van der Waals surface area contributed by atoms with Gasteiger partial charge >= 0.3 is 0 Å². The van der Waals surface area contributed by atoms with Crippen LogP contribution >= 0.6 is 46.2 Å². The van der Waals surface area contributed by atoms with Crippen LogP contribution in [0.2, 0.25) is 0 Å². The molecule has 2 aromatic heterocycles. The van der Waals surface area contributed by atoms with Gasteiger partial charge in [-0.05, 0) is 13.8 Å². The third-order valence-corrected chi connectivity index (χ3v) is 5.64. The lowest BCUT2D eigenvalue weighted by Gasteiger charge is -1.90. The molecule has 0 aliphatic heterocycles. The zero-order chi connectivity index (χ0) is 12.8. The number of aromatic nitrogens is 4. The van der Waals surface area contributed by atoms with E-state index in [1.165, 1.54) is 0 Å². The molecule has 0 aromatic carbocycles. The fourth-order valence-corrected chi connectivity index (χ4v) is 4.43. The number of hydrogen-bond acceptors (Lipinski definition) is 8. The Labute approximate surface area is 122 Å². The van der Waals surface area contributed by atoms with Crippen LogP contribution in [0.1, 0.15) is 10.0 Å². The molecule has 18 heavy (non-hydrogen) atoms. The molecule has 2 heterocycles. The number of rotatable bonds is 6.